The lowest BCUT2D eigenvalue weighted by Gasteiger charge is -2.29. The molecule has 0 spiro atoms. The van der Waals surface area contributed by atoms with Crippen molar-refractivity contribution in [2.24, 2.45) is 5.92 Å². The third-order valence-corrected chi connectivity index (χ3v) is 6.03. The van der Waals surface area contributed by atoms with Gasteiger partial charge in [0.05, 0.1) is 0 Å². The molecule has 162 valence electrons. The Morgan fingerprint density at radius 2 is 1.87 bits per heavy atom. The molecule has 3 unspecified atom stereocenters. The van der Waals surface area contributed by atoms with Gasteiger partial charge in [-0.3, -0.25) is 19.8 Å². The van der Waals surface area contributed by atoms with Crippen LogP contribution in [-0.4, -0.2) is 41.4 Å². The van der Waals surface area contributed by atoms with E-state index in [4.69, 9.17) is 0 Å². The third-order valence-electron chi connectivity index (χ3n) is 6.03. The van der Waals surface area contributed by atoms with Crippen LogP contribution in [0.4, 0.5) is 14.0 Å². The first-order valence-corrected chi connectivity index (χ1v) is 10.3. The van der Waals surface area contributed by atoms with Crippen molar-refractivity contribution in [3.05, 3.63) is 35.6 Å². The summed E-state index contributed by atoms with van der Waals surface area (Å²) in [7, 11) is 0. The average Bonchev–Trinajstić information content (AvgIpc) is 2.95. The minimum Gasteiger partial charge on any atom is -0.335 e. The molecule has 1 heterocycles. The number of halogens is 1. The number of hydrogen-bond donors (Lipinski definition) is 3. The molecule has 1 saturated carbocycles. The normalized spacial score (nSPS) is 26.3. The second-order valence-electron chi connectivity index (χ2n) is 7.98. The topological polar surface area (TPSA) is 108 Å². The first kappa shape index (κ1) is 21.7. The molecule has 2 fully saturated rings. The van der Waals surface area contributed by atoms with Crippen LogP contribution in [0.15, 0.2) is 24.3 Å². The predicted octanol–water partition coefficient (Wildman–Crippen LogP) is 2.39. The highest BCUT2D eigenvalue weighted by Crippen LogP contribution is 2.32. The number of rotatable bonds is 5. The number of amides is 6. The zero-order valence-electron chi connectivity index (χ0n) is 17.2. The van der Waals surface area contributed by atoms with E-state index in [0.29, 0.717) is 11.5 Å². The summed E-state index contributed by atoms with van der Waals surface area (Å²) in [4.78, 5) is 50.7. The molecule has 9 heteroatoms. The molecular weight excluding hydrogens is 391 g/mol. The molecule has 0 aromatic heterocycles. The molecule has 3 atom stereocenters. The summed E-state index contributed by atoms with van der Waals surface area (Å²) >= 11 is 0. The number of nitrogens with zero attached hydrogens (tertiary/aromatic N) is 1. The highest BCUT2D eigenvalue weighted by atomic mass is 19.1. The highest BCUT2D eigenvalue weighted by molar-refractivity contribution is 6.10. The molecule has 6 amide bonds. The van der Waals surface area contributed by atoms with Crippen LogP contribution >= 0.6 is 0 Å². The summed E-state index contributed by atoms with van der Waals surface area (Å²) in [6, 6.07) is 3.90. The van der Waals surface area contributed by atoms with E-state index in [-0.39, 0.29) is 12.5 Å². The van der Waals surface area contributed by atoms with E-state index in [1.807, 2.05) is 0 Å². The largest absolute Gasteiger partial charge is 0.335 e. The Balaban J connectivity index is 1.63. The van der Waals surface area contributed by atoms with Crippen molar-refractivity contribution in [1.29, 1.82) is 0 Å². The summed E-state index contributed by atoms with van der Waals surface area (Å²) in [6.07, 6.45) is 4.24. The van der Waals surface area contributed by atoms with Crippen LogP contribution in [0.2, 0.25) is 0 Å². The summed E-state index contributed by atoms with van der Waals surface area (Å²) in [5.74, 6) is -1.51. The average molecular weight is 418 g/mol. The maximum absolute atomic E-state index is 13.3. The van der Waals surface area contributed by atoms with Gasteiger partial charge in [-0.25, -0.2) is 14.0 Å². The maximum atomic E-state index is 13.3. The fourth-order valence-corrected chi connectivity index (χ4v) is 4.19. The van der Waals surface area contributed by atoms with Crippen LogP contribution in [0.25, 0.3) is 0 Å². The second kappa shape index (κ2) is 8.81. The van der Waals surface area contributed by atoms with E-state index < -0.39 is 41.8 Å². The number of carbonyl (C=O) groups is 4. The van der Waals surface area contributed by atoms with Gasteiger partial charge < -0.3 is 10.6 Å². The van der Waals surface area contributed by atoms with Crippen LogP contribution in [0.3, 0.4) is 0 Å². The van der Waals surface area contributed by atoms with Crippen LogP contribution in [0.5, 0.6) is 0 Å². The first-order valence-electron chi connectivity index (χ1n) is 10.3. The third kappa shape index (κ3) is 4.29. The zero-order valence-corrected chi connectivity index (χ0v) is 17.2. The fourth-order valence-electron chi connectivity index (χ4n) is 4.19. The van der Waals surface area contributed by atoms with Crippen LogP contribution < -0.4 is 16.0 Å². The molecule has 2 aliphatic rings. The van der Waals surface area contributed by atoms with E-state index in [1.54, 1.807) is 6.92 Å². The second-order valence-corrected chi connectivity index (χ2v) is 7.98. The van der Waals surface area contributed by atoms with E-state index >= 15 is 0 Å². The molecule has 1 aromatic carbocycles. The fraction of sp³-hybridized carbons (Fsp3) is 0.524. The quantitative estimate of drug-likeness (QED) is 0.638. The minimum atomic E-state index is -1.37. The van der Waals surface area contributed by atoms with Gasteiger partial charge in [0.1, 0.15) is 17.9 Å². The number of carbonyl (C=O) groups excluding carboxylic acids is 4. The van der Waals surface area contributed by atoms with Crippen LogP contribution in [-0.2, 0) is 15.1 Å². The Morgan fingerprint density at radius 1 is 1.20 bits per heavy atom. The standard InChI is InChI=1S/C21H27FN4O4/c1-3-21(14-8-10-15(22)11-9-14)18(28)26(20(30)25-21)12-17(27)24-19(29)23-16-7-5-4-6-13(16)2/h8-11,13,16H,3-7,12H2,1-2H3,(H,25,30)(H2,23,24,27,29). The number of imide groups is 2. The monoisotopic (exact) mass is 418 g/mol. The van der Waals surface area contributed by atoms with E-state index in [1.165, 1.54) is 24.3 Å². The van der Waals surface area contributed by atoms with Gasteiger partial charge in [-0.2, -0.15) is 0 Å². The minimum absolute atomic E-state index is 0.00511. The first-order chi connectivity index (χ1) is 14.3. The SMILES string of the molecule is CCC1(c2ccc(F)cc2)NC(=O)N(CC(=O)NC(=O)NC2CCCCC2C)C1=O. The van der Waals surface area contributed by atoms with Gasteiger partial charge in [0.25, 0.3) is 5.91 Å². The van der Waals surface area contributed by atoms with Crippen molar-refractivity contribution in [3.8, 4) is 0 Å². The molecule has 0 bridgehead atoms. The van der Waals surface area contributed by atoms with Crippen molar-refractivity contribution in [1.82, 2.24) is 20.9 Å². The number of urea groups is 2. The molecule has 8 nitrogen and oxygen atoms in total. The lowest BCUT2D eigenvalue weighted by molar-refractivity contribution is -0.135. The van der Waals surface area contributed by atoms with E-state index in [9.17, 15) is 23.6 Å². The van der Waals surface area contributed by atoms with Crippen LogP contribution in [0, 0.1) is 11.7 Å². The Morgan fingerprint density at radius 3 is 2.50 bits per heavy atom. The molecule has 1 aliphatic carbocycles. The summed E-state index contributed by atoms with van der Waals surface area (Å²) in [5, 5.41) is 7.61. The molecule has 1 saturated heterocycles. The Kier molecular flexibility index (Phi) is 6.38. The highest BCUT2D eigenvalue weighted by Gasteiger charge is 2.51. The Labute approximate surface area is 174 Å². The van der Waals surface area contributed by atoms with Gasteiger partial charge in [-0.1, -0.05) is 38.8 Å². The Hall–Kier alpha value is -2.97. The lowest BCUT2D eigenvalue weighted by atomic mass is 9.86. The molecule has 3 N–H and O–H groups in total. The number of benzene rings is 1. The Bertz CT molecular complexity index is 844. The maximum Gasteiger partial charge on any atom is 0.325 e. The van der Waals surface area contributed by atoms with E-state index in [2.05, 4.69) is 22.9 Å². The van der Waals surface area contributed by atoms with Gasteiger partial charge in [-0.05, 0) is 42.9 Å². The van der Waals surface area contributed by atoms with Crippen LogP contribution in [0.1, 0.15) is 51.5 Å². The lowest BCUT2D eigenvalue weighted by Crippen LogP contribution is -2.50. The van der Waals surface area contributed by atoms with Crippen molar-refractivity contribution in [2.75, 3.05) is 6.54 Å². The van der Waals surface area contributed by atoms with Crippen molar-refractivity contribution >= 4 is 23.9 Å². The van der Waals surface area contributed by atoms with Crippen molar-refractivity contribution in [3.63, 3.8) is 0 Å². The van der Waals surface area contributed by atoms with Gasteiger partial charge in [0.15, 0.2) is 0 Å². The molecule has 3 rings (SSSR count). The number of hydrogen-bond acceptors (Lipinski definition) is 4. The summed E-state index contributed by atoms with van der Waals surface area (Å²) < 4.78 is 13.3. The number of nitrogens with one attached hydrogen (secondary N) is 3. The molecule has 1 aliphatic heterocycles. The van der Waals surface area contributed by atoms with Gasteiger partial charge in [0, 0.05) is 6.04 Å². The van der Waals surface area contributed by atoms with Gasteiger partial charge in [0.2, 0.25) is 5.91 Å². The van der Waals surface area contributed by atoms with Crippen molar-refractivity contribution < 1.29 is 23.6 Å². The summed E-state index contributed by atoms with van der Waals surface area (Å²) in [5.41, 5.74) is -0.943. The van der Waals surface area contributed by atoms with E-state index in [0.717, 1.165) is 30.6 Å². The predicted molar refractivity (Wildman–Crippen MR) is 107 cm³/mol. The smallest absolute Gasteiger partial charge is 0.325 e. The van der Waals surface area contributed by atoms with Crippen molar-refractivity contribution in [2.45, 2.75) is 57.5 Å². The summed E-state index contributed by atoms with van der Waals surface area (Å²) in [6.45, 7) is 3.18. The molecule has 1 aromatic rings. The van der Waals surface area contributed by atoms with Gasteiger partial charge in [-0.15, -0.1) is 0 Å². The van der Waals surface area contributed by atoms with Gasteiger partial charge >= 0.3 is 12.1 Å². The molecular formula is C21H27FN4O4. The molecule has 30 heavy (non-hydrogen) atoms. The molecule has 0 radical (unpaired) electrons. The zero-order chi connectivity index (χ0) is 21.9.